The zero-order valence-electron chi connectivity index (χ0n) is 13.8. The second-order valence-corrected chi connectivity index (χ2v) is 6.51. The van der Waals surface area contributed by atoms with Gasteiger partial charge in [0.15, 0.2) is 10.8 Å². The average Bonchev–Trinajstić information content (AvgIpc) is 3.03. The average molecular weight is 338 g/mol. The summed E-state index contributed by atoms with van der Waals surface area (Å²) in [5.74, 6) is 0.506. The van der Waals surface area contributed by atoms with E-state index in [0.29, 0.717) is 21.4 Å². The second kappa shape index (κ2) is 6.88. The Labute approximate surface area is 145 Å². The van der Waals surface area contributed by atoms with Gasteiger partial charge < -0.3 is 4.90 Å². The van der Waals surface area contributed by atoms with E-state index in [-0.39, 0.29) is 11.9 Å². The molecule has 0 spiro atoms. The fraction of sp³-hybridized carbons (Fsp3) is 0.222. The molecule has 3 aromatic rings. The van der Waals surface area contributed by atoms with Crippen molar-refractivity contribution in [1.82, 2.24) is 19.9 Å². The Morgan fingerprint density at radius 1 is 1.12 bits per heavy atom. The van der Waals surface area contributed by atoms with Gasteiger partial charge in [0, 0.05) is 19.4 Å². The fourth-order valence-corrected chi connectivity index (χ4v) is 3.39. The van der Waals surface area contributed by atoms with Crippen LogP contribution in [0.25, 0.3) is 10.8 Å². The molecule has 1 aromatic carbocycles. The van der Waals surface area contributed by atoms with E-state index < -0.39 is 0 Å². The van der Waals surface area contributed by atoms with E-state index in [4.69, 9.17) is 0 Å². The lowest BCUT2D eigenvalue weighted by molar-refractivity contribution is 0.0746. The van der Waals surface area contributed by atoms with Gasteiger partial charge in [-0.1, -0.05) is 30.3 Å². The highest BCUT2D eigenvalue weighted by Gasteiger charge is 2.24. The number of amides is 1. The maximum atomic E-state index is 12.9. The largest absolute Gasteiger partial charge is 0.334 e. The molecule has 5 nitrogen and oxygen atoms in total. The molecule has 0 radical (unpaired) electrons. The van der Waals surface area contributed by atoms with E-state index >= 15 is 0 Å². The van der Waals surface area contributed by atoms with Crippen LogP contribution in [-0.4, -0.2) is 32.8 Å². The van der Waals surface area contributed by atoms with Gasteiger partial charge in [-0.15, -0.1) is 11.3 Å². The van der Waals surface area contributed by atoms with Gasteiger partial charge in [-0.05, 0) is 25.5 Å². The smallest absolute Gasteiger partial charge is 0.266 e. The third-order valence-electron chi connectivity index (χ3n) is 3.93. The lowest BCUT2D eigenvalue weighted by atomic mass is 10.1. The molecule has 0 N–H and O–H groups in total. The van der Waals surface area contributed by atoms with Crippen molar-refractivity contribution in [1.29, 1.82) is 0 Å². The predicted molar refractivity (Wildman–Crippen MR) is 94.8 cm³/mol. The topological polar surface area (TPSA) is 59.0 Å². The molecule has 0 fully saturated rings. The van der Waals surface area contributed by atoms with E-state index in [1.807, 2.05) is 51.2 Å². The summed E-state index contributed by atoms with van der Waals surface area (Å²) in [6.07, 6.45) is 3.34. The first kappa shape index (κ1) is 16.3. The second-order valence-electron chi connectivity index (χ2n) is 5.51. The van der Waals surface area contributed by atoms with Crippen LogP contribution in [0.15, 0.2) is 48.8 Å². The molecule has 2 aromatic heterocycles. The Kier molecular flexibility index (Phi) is 4.66. The first-order valence-electron chi connectivity index (χ1n) is 7.65. The van der Waals surface area contributed by atoms with Crippen molar-refractivity contribution in [2.24, 2.45) is 0 Å². The Morgan fingerprint density at radius 3 is 2.46 bits per heavy atom. The number of benzene rings is 1. The summed E-state index contributed by atoms with van der Waals surface area (Å²) in [4.78, 5) is 28.1. The fourth-order valence-electron chi connectivity index (χ4n) is 2.39. The van der Waals surface area contributed by atoms with Gasteiger partial charge >= 0.3 is 0 Å². The van der Waals surface area contributed by atoms with E-state index in [9.17, 15) is 4.79 Å². The molecule has 1 amide bonds. The highest BCUT2D eigenvalue weighted by Crippen LogP contribution is 2.28. The maximum absolute atomic E-state index is 12.9. The first-order chi connectivity index (χ1) is 11.6. The van der Waals surface area contributed by atoms with Crippen molar-refractivity contribution < 1.29 is 4.79 Å². The zero-order chi connectivity index (χ0) is 17.1. The third-order valence-corrected chi connectivity index (χ3v) is 5.07. The SMILES string of the molecule is Cc1nc(-c2ncccn2)sc1C(=O)N(C)[C@H](C)c1ccccc1. The van der Waals surface area contributed by atoms with Gasteiger partial charge in [-0.2, -0.15) is 0 Å². The molecule has 3 rings (SSSR count). The van der Waals surface area contributed by atoms with Crippen LogP contribution in [0.5, 0.6) is 0 Å². The van der Waals surface area contributed by atoms with Crippen molar-refractivity contribution in [3.63, 3.8) is 0 Å². The van der Waals surface area contributed by atoms with Crippen molar-refractivity contribution in [3.05, 3.63) is 64.9 Å². The summed E-state index contributed by atoms with van der Waals surface area (Å²) < 4.78 is 0. The van der Waals surface area contributed by atoms with Crippen molar-refractivity contribution in [3.8, 4) is 10.8 Å². The van der Waals surface area contributed by atoms with Crippen molar-refractivity contribution in [2.75, 3.05) is 7.05 Å². The maximum Gasteiger partial charge on any atom is 0.266 e. The van der Waals surface area contributed by atoms with E-state index in [2.05, 4.69) is 15.0 Å². The minimum Gasteiger partial charge on any atom is -0.334 e. The third kappa shape index (κ3) is 3.19. The van der Waals surface area contributed by atoms with Gasteiger partial charge in [0.2, 0.25) is 0 Å². The monoisotopic (exact) mass is 338 g/mol. The molecule has 0 bridgehead atoms. The molecule has 0 aliphatic carbocycles. The molecule has 0 saturated heterocycles. The molecule has 6 heteroatoms. The molecule has 0 unspecified atom stereocenters. The number of rotatable bonds is 4. The molecule has 0 aliphatic heterocycles. The lowest BCUT2D eigenvalue weighted by Crippen LogP contribution is -2.29. The van der Waals surface area contributed by atoms with Crippen molar-refractivity contribution in [2.45, 2.75) is 19.9 Å². The lowest BCUT2D eigenvalue weighted by Gasteiger charge is -2.25. The minimum absolute atomic E-state index is 0.0170. The predicted octanol–water partition coefficient (Wildman–Crippen LogP) is 3.74. The zero-order valence-corrected chi connectivity index (χ0v) is 14.6. The van der Waals surface area contributed by atoms with Crippen LogP contribution in [0.2, 0.25) is 0 Å². The number of hydrogen-bond acceptors (Lipinski definition) is 5. The van der Waals surface area contributed by atoms with Crippen LogP contribution < -0.4 is 0 Å². The number of nitrogens with zero attached hydrogens (tertiary/aromatic N) is 4. The standard InChI is InChI=1S/C18H18N4OS/c1-12-15(24-17(21-12)16-19-10-7-11-20-16)18(23)22(3)13(2)14-8-5-4-6-9-14/h4-11,13H,1-3H3/t13-/m1/s1. The van der Waals surface area contributed by atoms with E-state index in [1.54, 1.807) is 23.4 Å². The number of aromatic nitrogens is 3. The van der Waals surface area contributed by atoms with Gasteiger partial charge in [-0.3, -0.25) is 4.79 Å². The Balaban J connectivity index is 1.86. The van der Waals surface area contributed by atoms with Crippen LogP contribution >= 0.6 is 11.3 Å². The van der Waals surface area contributed by atoms with Crippen LogP contribution in [0.4, 0.5) is 0 Å². The summed E-state index contributed by atoms with van der Waals surface area (Å²) in [5, 5.41) is 0.664. The van der Waals surface area contributed by atoms with Gasteiger partial charge in [0.1, 0.15) is 4.88 Å². The summed E-state index contributed by atoms with van der Waals surface area (Å²) in [6.45, 7) is 3.86. The van der Waals surface area contributed by atoms with Gasteiger partial charge in [0.25, 0.3) is 5.91 Å². The highest BCUT2D eigenvalue weighted by molar-refractivity contribution is 7.17. The number of hydrogen-bond donors (Lipinski definition) is 0. The highest BCUT2D eigenvalue weighted by atomic mass is 32.1. The molecule has 24 heavy (non-hydrogen) atoms. The normalized spacial score (nSPS) is 12.0. The Hall–Kier alpha value is -2.60. The molecule has 0 saturated carbocycles. The van der Waals surface area contributed by atoms with Crippen molar-refractivity contribution >= 4 is 17.2 Å². The summed E-state index contributed by atoms with van der Waals surface area (Å²) >= 11 is 1.33. The van der Waals surface area contributed by atoms with Gasteiger partial charge in [0.05, 0.1) is 11.7 Å². The van der Waals surface area contributed by atoms with Crippen LogP contribution in [0.1, 0.15) is 33.9 Å². The molecule has 122 valence electrons. The number of carbonyl (C=O) groups excluding carboxylic acids is 1. The number of thiazole rings is 1. The van der Waals surface area contributed by atoms with Crippen LogP contribution in [0.3, 0.4) is 0 Å². The first-order valence-corrected chi connectivity index (χ1v) is 8.46. The Morgan fingerprint density at radius 2 is 1.79 bits per heavy atom. The summed E-state index contributed by atoms with van der Waals surface area (Å²) in [7, 11) is 1.82. The number of aryl methyl sites for hydroxylation is 1. The molecule has 1 atom stereocenters. The van der Waals surface area contributed by atoms with Crippen LogP contribution in [-0.2, 0) is 0 Å². The van der Waals surface area contributed by atoms with E-state index in [1.165, 1.54) is 11.3 Å². The molecule has 0 aliphatic rings. The molecular formula is C18H18N4OS. The van der Waals surface area contributed by atoms with Crippen LogP contribution in [0, 0.1) is 6.92 Å². The summed E-state index contributed by atoms with van der Waals surface area (Å²) in [6, 6.07) is 11.7. The quantitative estimate of drug-likeness (QED) is 0.727. The number of carbonyl (C=O) groups is 1. The summed E-state index contributed by atoms with van der Waals surface area (Å²) in [5.41, 5.74) is 1.81. The molecular weight excluding hydrogens is 320 g/mol. The van der Waals surface area contributed by atoms with Gasteiger partial charge in [-0.25, -0.2) is 15.0 Å². The Bertz CT molecular complexity index is 833. The minimum atomic E-state index is -0.0384. The van der Waals surface area contributed by atoms with E-state index in [0.717, 1.165) is 5.56 Å². The molecule has 2 heterocycles.